The number of rotatable bonds is 6. The van der Waals surface area contributed by atoms with Gasteiger partial charge in [-0.25, -0.2) is 15.0 Å². The summed E-state index contributed by atoms with van der Waals surface area (Å²) in [4.78, 5) is 13.4. The number of nitrogens with zero attached hydrogens (tertiary/aromatic N) is 4. The van der Waals surface area contributed by atoms with E-state index in [0.29, 0.717) is 23.0 Å². The van der Waals surface area contributed by atoms with Gasteiger partial charge in [0.15, 0.2) is 23.2 Å². The molecular formula is C22H23N5O5. The van der Waals surface area contributed by atoms with Gasteiger partial charge in [0.05, 0.1) is 12.9 Å². The van der Waals surface area contributed by atoms with E-state index in [9.17, 15) is 15.3 Å². The van der Waals surface area contributed by atoms with E-state index in [1.54, 1.807) is 0 Å². The van der Waals surface area contributed by atoms with Crippen LogP contribution in [0.15, 0.2) is 36.7 Å². The molecule has 4 atom stereocenters. The largest absolute Gasteiger partial charge is 0.481 e. The van der Waals surface area contributed by atoms with Gasteiger partial charge in [0, 0.05) is 6.04 Å². The Morgan fingerprint density at radius 2 is 1.97 bits per heavy atom. The van der Waals surface area contributed by atoms with E-state index in [4.69, 9.17) is 9.47 Å². The van der Waals surface area contributed by atoms with Gasteiger partial charge in [-0.1, -0.05) is 24.1 Å². The summed E-state index contributed by atoms with van der Waals surface area (Å²) in [7, 11) is 0. The molecule has 3 aromatic rings. The summed E-state index contributed by atoms with van der Waals surface area (Å²) >= 11 is 0. The first-order valence-electron chi connectivity index (χ1n) is 10.4. The number of hydrogen-bond donors (Lipinski definition) is 4. The van der Waals surface area contributed by atoms with Crippen LogP contribution in [0.5, 0.6) is 5.75 Å². The lowest BCUT2D eigenvalue weighted by Gasteiger charge is -2.16. The van der Waals surface area contributed by atoms with Crippen molar-refractivity contribution in [3.63, 3.8) is 0 Å². The fraction of sp³-hybridized carbons (Fsp3) is 0.409. The molecule has 3 heterocycles. The Balaban J connectivity index is 1.45. The van der Waals surface area contributed by atoms with Crippen molar-refractivity contribution >= 4 is 17.0 Å². The summed E-state index contributed by atoms with van der Waals surface area (Å²) in [5.74, 6) is 7.37. The van der Waals surface area contributed by atoms with E-state index in [0.717, 1.165) is 18.6 Å². The third kappa shape index (κ3) is 4.11. The van der Waals surface area contributed by atoms with Gasteiger partial charge in [-0.15, -0.1) is 0 Å². The third-order valence-electron chi connectivity index (χ3n) is 5.39. The van der Waals surface area contributed by atoms with Crippen LogP contribution in [0.25, 0.3) is 11.2 Å². The summed E-state index contributed by atoms with van der Waals surface area (Å²) in [6.45, 7) is -0.242. The Morgan fingerprint density at radius 1 is 1.16 bits per heavy atom. The molecule has 0 unspecified atom stereocenters. The van der Waals surface area contributed by atoms with Crippen molar-refractivity contribution in [2.45, 2.75) is 43.4 Å². The zero-order valence-corrected chi connectivity index (χ0v) is 17.1. The number of benzene rings is 1. The lowest BCUT2D eigenvalue weighted by molar-refractivity contribution is -0.0511. The molecule has 2 aromatic heterocycles. The van der Waals surface area contributed by atoms with Crippen LogP contribution in [0.3, 0.4) is 0 Å². The normalized spacial score (nSPS) is 24.8. The van der Waals surface area contributed by atoms with Crippen molar-refractivity contribution in [2.75, 3.05) is 18.5 Å². The Kier molecular flexibility index (Phi) is 5.63. The number of hydrogen-bond acceptors (Lipinski definition) is 9. The molecule has 1 saturated carbocycles. The average Bonchev–Trinajstić information content (AvgIpc) is 3.46. The van der Waals surface area contributed by atoms with Gasteiger partial charge in [0.2, 0.25) is 5.82 Å². The van der Waals surface area contributed by atoms with Crippen molar-refractivity contribution < 1.29 is 24.8 Å². The molecule has 4 N–H and O–H groups in total. The molecule has 0 radical (unpaired) electrons. The SMILES string of the molecule is OC[C@H]1O[C@@H](n2cnc3c(NC4CC4)nc(C#CCOc4ccccc4)nc32)[C@H](O)[C@@H]1O. The Hall–Kier alpha value is -3.23. The molecule has 1 saturated heterocycles. The molecule has 1 aliphatic heterocycles. The lowest BCUT2D eigenvalue weighted by atomic mass is 10.1. The molecule has 166 valence electrons. The molecule has 2 aliphatic rings. The van der Waals surface area contributed by atoms with Crippen molar-refractivity contribution in [2.24, 2.45) is 0 Å². The molecule has 10 heteroatoms. The van der Waals surface area contributed by atoms with Crippen LogP contribution >= 0.6 is 0 Å². The number of imidazole rings is 1. The van der Waals surface area contributed by atoms with Gasteiger partial charge in [-0.3, -0.25) is 4.57 Å². The van der Waals surface area contributed by atoms with Crippen molar-refractivity contribution in [1.82, 2.24) is 19.5 Å². The topological polar surface area (TPSA) is 135 Å². The van der Waals surface area contributed by atoms with Gasteiger partial charge in [0.1, 0.15) is 30.7 Å². The molecule has 2 fully saturated rings. The van der Waals surface area contributed by atoms with Crippen LogP contribution in [0.1, 0.15) is 24.9 Å². The van der Waals surface area contributed by atoms with E-state index in [1.165, 1.54) is 10.9 Å². The standard InChI is InChI=1S/C22H23N5O5/c28-11-15-18(29)19(30)22(32-15)27-12-23-17-20(24-13-8-9-13)25-16(26-21(17)27)7-4-10-31-14-5-2-1-3-6-14/h1-3,5-6,12-13,15,18-19,22,28-30H,8-11H2,(H,24,25,26)/t15-,18-,19-,22-/m1/s1. The number of nitrogens with one attached hydrogen (secondary N) is 1. The number of ether oxygens (including phenoxy) is 2. The quantitative estimate of drug-likeness (QED) is 0.405. The second-order valence-electron chi connectivity index (χ2n) is 7.77. The first-order valence-corrected chi connectivity index (χ1v) is 10.4. The van der Waals surface area contributed by atoms with Crippen LogP contribution in [-0.2, 0) is 4.74 Å². The highest BCUT2D eigenvalue weighted by Gasteiger charge is 2.44. The number of aliphatic hydroxyl groups is 3. The van der Waals surface area contributed by atoms with Gasteiger partial charge in [-0.05, 0) is 30.9 Å². The fourth-order valence-corrected chi connectivity index (χ4v) is 3.54. The fourth-order valence-electron chi connectivity index (χ4n) is 3.54. The summed E-state index contributed by atoms with van der Waals surface area (Å²) in [5, 5.41) is 33.3. The number of fused-ring (bicyclic) bond motifs is 1. The lowest BCUT2D eigenvalue weighted by Crippen LogP contribution is -2.33. The predicted octanol–water partition coefficient (Wildman–Crippen LogP) is 0.443. The summed E-state index contributed by atoms with van der Waals surface area (Å²) in [6, 6.07) is 9.70. The van der Waals surface area contributed by atoms with Crippen LogP contribution in [0.2, 0.25) is 0 Å². The van der Waals surface area contributed by atoms with Crippen molar-refractivity contribution in [1.29, 1.82) is 0 Å². The van der Waals surface area contributed by atoms with Crippen LogP contribution in [0, 0.1) is 11.8 Å². The smallest absolute Gasteiger partial charge is 0.209 e. The van der Waals surface area contributed by atoms with Crippen LogP contribution in [0.4, 0.5) is 5.82 Å². The highest BCUT2D eigenvalue weighted by Crippen LogP contribution is 2.33. The molecule has 32 heavy (non-hydrogen) atoms. The van der Waals surface area contributed by atoms with E-state index in [1.807, 2.05) is 30.3 Å². The zero-order valence-electron chi connectivity index (χ0n) is 17.1. The first-order chi connectivity index (χ1) is 15.6. The van der Waals surface area contributed by atoms with Gasteiger partial charge >= 0.3 is 0 Å². The first kappa shape index (κ1) is 20.7. The van der Waals surface area contributed by atoms with E-state index >= 15 is 0 Å². The number of para-hydroxylation sites is 1. The van der Waals surface area contributed by atoms with Crippen LogP contribution in [-0.4, -0.2) is 72.4 Å². The van der Waals surface area contributed by atoms with Gasteiger partial charge in [-0.2, -0.15) is 0 Å². The maximum Gasteiger partial charge on any atom is 0.209 e. The Morgan fingerprint density at radius 3 is 2.69 bits per heavy atom. The minimum atomic E-state index is -1.24. The average molecular weight is 437 g/mol. The molecule has 1 aromatic carbocycles. The van der Waals surface area contributed by atoms with Gasteiger partial charge < -0.3 is 30.1 Å². The van der Waals surface area contributed by atoms with Gasteiger partial charge in [0.25, 0.3) is 0 Å². The molecule has 0 bridgehead atoms. The molecule has 0 amide bonds. The van der Waals surface area contributed by atoms with Crippen LogP contribution < -0.4 is 10.1 Å². The second-order valence-corrected chi connectivity index (χ2v) is 7.77. The summed E-state index contributed by atoms with van der Waals surface area (Å²) in [6.07, 6.45) is -0.727. The minimum absolute atomic E-state index is 0.172. The molecule has 10 nitrogen and oxygen atoms in total. The zero-order chi connectivity index (χ0) is 22.1. The molecule has 0 spiro atoms. The molecule has 1 aliphatic carbocycles. The Bertz CT molecular complexity index is 1150. The number of aliphatic hydroxyl groups excluding tert-OH is 3. The minimum Gasteiger partial charge on any atom is -0.481 e. The predicted molar refractivity (Wildman–Crippen MR) is 114 cm³/mol. The maximum atomic E-state index is 10.4. The number of aromatic nitrogens is 4. The van der Waals surface area contributed by atoms with E-state index in [-0.39, 0.29) is 12.4 Å². The van der Waals surface area contributed by atoms with E-state index < -0.39 is 31.1 Å². The van der Waals surface area contributed by atoms with E-state index in [2.05, 4.69) is 32.1 Å². The van der Waals surface area contributed by atoms with Crippen molar-refractivity contribution in [3.8, 4) is 17.6 Å². The van der Waals surface area contributed by atoms with Crippen molar-refractivity contribution in [3.05, 3.63) is 42.5 Å². The number of anilines is 1. The third-order valence-corrected chi connectivity index (χ3v) is 5.39. The molecule has 5 rings (SSSR count). The monoisotopic (exact) mass is 437 g/mol. The Labute approximate surface area is 183 Å². The highest BCUT2D eigenvalue weighted by molar-refractivity contribution is 5.83. The maximum absolute atomic E-state index is 10.4. The molecular weight excluding hydrogens is 414 g/mol. The summed E-state index contributed by atoms with van der Waals surface area (Å²) in [5.41, 5.74) is 0.923. The second kappa shape index (κ2) is 8.72. The highest BCUT2D eigenvalue weighted by atomic mass is 16.6. The summed E-state index contributed by atoms with van der Waals surface area (Å²) < 4.78 is 12.8.